The highest BCUT2D eigenvalue weighted by Gasteiger charge is 2.50. The van der Waals surface area contributed by atoms with Crippen molar-refractivity contribution < 1.29 is 9.53 Å². The molecule has 0 aromatic carbocycles. The van der Waals surface area contributed by atoms with Gasteiger partial charge in [-0.3, -0.25) is 4.79 Å². The number of hydrogen-bond donors (Lipinski definition) is 1. The summed E-state index contributed by atoms with van der Waals surface area (Å²) in [4.78, 5) is 11.7. The van der Waals surface area contributed by atoms with Gasteiger partial charge < -0.3 is 10.1 Å². The molecule has 0 aliphatic heterocycles. The predicted molar refractivity (Wildman–Crippen MR) is 76.9 cm³/mol. The topological polar surface area (TPSA) is 38.3 Å². The second-order valence-electron chi connectivity index (χ2n) is 7.20. The Kier molecular flexibility index (Phi) is 4.54. The summed E-state index contributed by atoms with van der Waals surface area (Å²) in [6.45, 7) is 6.54. The number of rotatable bonds is 6. The van der Waals surface area contributed by atoms with E-state index in [1.54, 1.807) is 0 Å². The van der Waals surface area contributed by atoms with Gasteiger partial charge >= 0.3 is 5.97 Å². The average molecular weight is 267 g/mol. The standard InChI is InChI=1S/C16H29NO2/c1-15(2,13-7-5-4-6-8-13)11-17-12-16(9-10-16)14(18)19-3/h13,17H,4-12H2,1-3H3. The molecule has 2 aliphatic carbocycles. The van der Waals surface area contributed by atoms with Gasteiger partial charge in [0.1, 0.15) is 0 Å². The van der Waals surface area contributed by atoms with Gasteiger partial charge in [-0.2, -0.15) is 0 Å². The van der Waals surface area contributed by atoms with Gasteiger partial charge in [-0.25, -0.2) is 0 Å². The maximum absolute atomic E-state index is 11.7. The van der Waals surface area contributed by atoms with E-state index in [9.17, 15) is 4.79 Å². The third-order valence-electron chi connectivity index (χ3n) is 5.23. The Morgan fingerprint density at radius 3 is 2.42 bits per heavy atom. The molecule has 2 rings (SSSR count). The van der Waals surface area contributed by atoms with Crippen molar-refractivity contribution in [2.24, 2.45) is 16.7 Å². The summed E-state index contributed by atoms with van der Waals surface area (Å²) in [5, 5.41) is 3.54. The fourth-order valence-electron chi connectivity index (χ4n) is 3.47. The fraction of sp³-hybridized carbons (Fsp3) is 0.938. The lowest BCUT2D eigenvalue weighted by molar-refractivity contribution is -0.146. The molecule has 1 N–H and O–H groups in total. The fourth-order valence-corrected chi connectivity index (χ4v) is 3.47. The molecule has 2 aliphatic rings. The maximum Gasteiger partial charge on any atom is 0.313 e. The summed E-state index contributed by atoms with van der Waals surface area (Å²) in [5.41, 5.74) is 0.143. The van der Waals surface area contributed by atoms with Gasteiger partial charge in [0.15, 0.2) is 0 Å². The Morgan fingerprint density at radius 1 is 1.26 bits per heavy atom. The summed E-state index contributed by atoms with van der Waals surface area (Å²) < 4.78 is 4.90. The SMILES string of the molecule is COC(=O)C1(CNCC(C)(C)C2CCCCC2)CC1. The molecule has 0 unspecified atom stereocenters. The zero-order chi connectivity index (χ0) is 13.9. The van der Waals surface area contributed by atoms with Crippen molar-refractivity contribution in [3.05, 3.63) is 0 Å². The normalized spacial score (nSPS) is 23.1. The first-order chi connectivity index (χ1) is 9.00. The third kappa shape index (κ3) is 3.50. The Balaban J connectivity index is 1.76. The molecule has 0 aromatic rings. The van der Waals surface area contributed by atoms with E-state index < -0.39 is 0 Å². The van der Waals surface area contributed by atoms with E-state index in [0.29, 0.717) is 5.41 Å². The summed E-state index contributed by atoms with van der Waals surface area (Å²) in [5.74, 6) is 0.803. The predicted octanol–water partition coefficient (Wildman–Crippen LogP) is 3.14. The lowest BCUT2D eigenvalue weighted by Gasteiger charge is -2.37. The van der Waals surface area contributed by atoms with Crippen LogP contribution in [0.3, 0.4) is 0 Å². The van der Waals surface area contributed by atoms with E-state index in [1.807, 2.05) is 0 Å². The van der Waals surface area contributed by atoms with Gasteiger partial charge in [0.2, 0.25) is 0 Å². The largest absolute Gasteiger partial charge is 0.469 e. The van der Waals surface area contributed by atoms with Crippen molar-refractivity contribution in [2.75, 3.05) is 20.2 Å². The van der Waals surface area contributed by atoms with Gasteiger partial charge in [0.25, 0.3) is 0 Å². The van der Waals surface area contributed by atoms with Crippen LogP contribution in [0, 0.1) is 16.7 Å². The van der Waals surface area contributed by atoms with E-state index >= 15 is 0 Å². The quantitative estimate of drug-likeness (QED) is 0.751. The molecule has 0 saturated heterocycles. The molecule has 2 saturated carbocycles. The Morgan fingerprint density at radius 2 is 1.89 bits per heavy atom. The Hall–Kier alpha value is -0.570. The molecule has 0 amide bonds. The minimum atomic E-state index is -0.197. The van der Waals surface area contributed by atoms with Gasteiger partial charge in [-0.1, -0.05) is 33.1 Å². The molecule has 0 atom stereocenters. The van der Waals surface area contributed by atoms with Gasteiger partial charge in [-0.15, -0.1) is 0 Å². The number of nitrogens with one attached hydrogen (secondary N) is 1. The highest BCUT2D eigenvalue weighted by Crippen LogP contribution is 2.46. The van der Waals surface area contributed by atoms with Crippen molar-refractivity contribution >= 4 is 5.97 Å². The van der Waals surface area contributed by atoms with Crippen LogP contribution in [0.5, 0.6) is 0 Å². The van der Waals surface area contributed by atoms with Crippen molar-refractivity contribution in [1.29, 1.82) is 0 Å². The van der Waals surface area contributed by atoms with Crippen LogP contribution < -0.4 is 5.32 Å². The highest BCUT2D eigenvalue weighted by molar-refractivity contribution is 5.80. The number of hydrogen-bond acceptors (Lipinski definition) is 3. The first-order valence-electron chi connectivity index (χ1n) is 7.79. The summed E-state index contributed by atoms with van der Waals surface area (Å²) in [6, 6.07) is 0. The number of carbonyl (C=O) groups excluding carboxylic acids is 1. The summed E-state index contributed by atoms with van der Waals surface area (Å²) in [6.07, 6.45) is 8.90. The lowest BCUT2D eigenvalue weighted by atomic mass is 9.71. The molecule has 0 heterocycles. The second-order valence-corrected chi connectivity index (χ2v) is 7.20. The smallest absolute Gasteiger partial charge is 0.313 e. The van der Waals surface area contributed by atoms with Gasteiger partial charge in [0.05, 0.1) is 12.5 Å². The molecule has 3 heteroatoms. The molecule has 0 spiro atoms. The van der Waals surface area contributed by atoms with Crippen molar-refractivity contribution in [2.45, 2.75) is 58.8 Å². The van der Waals surface area contributed by atoms with Crippen LogP contribution in [0.25, 0.3) is 0 Å². The zero-order valence-electron chi connectivity index (χ0n) is 12.8. The minimum Gasteiger partial charge on any atom is -0.469 e. The van der Waals surface area contributed by atoms with Crippen LogP contribution in [0.4, 0.5) is 0 Å². The van der Waals surface area contributed by atoms with Crippen LogP contribution in [-0.4, -0.2) is 26.2 Å². The summed E-state index contributed by atoms with van der Waals surface area (Å²) >= 11 is 0. The lowest BCUT2D eigenvalue weighted by Crippen LogP contribution is -2.40. The first-order valence-corrected chi connectivity index (χ1v) is 7.79. The average Bonchev–Trinajstić information content (AvgIpc) is 3.20. The molecule has 0 aromatic heterocycles. The van der Waals surface area contributed by atoms with E-state index in [2.05, 4.69) is 19.2 Å². The Labute approximate surface area is 117 Å². The molecular weight excluding hydrogens is 238 g/mol. The van der Waals surface area contributed by atoms with Crippen LogP contribution in [-0.2, 0) is 9.53 Å². The van der Waals surface area contributed by atoms with Crippen LogP contribution in [0.1, 0.15) is 58.8 Å². The highest BCUT2D eigenvalue weighted by atomic mass is 16.5. The first kappa shape index (κ1) is 14.8. The second kappa shape index (κ2) is 5.82. The third-order valence-corrected chi connectivity index (χ3v) is 5.23. The van der Waals surface area contributed by atoms with E-state index in [4.69, 9.17) is 4.74 Å². The van der Waals surface area contributed by atoms with E-state index in [-0.39, 0.29) is 11.4 Å². The van der Waals surface area contributed by atoms with E-state index in [1.165, 1.54) is 39.2 Å². The molecule has 0 bridgehead atoms. The number of esters is 1. The van der Waals surface area contributed by atoms with Crippen LogP contribution >= 0.6 is 0 Å². The minimum absolute atomic E-state index is 0.0320. The molecule has 0 radical (unpaired) electrons. The molecule has 3 nitrogen and oxygen atoms in total. The molecular formula is C16H29NO2. The monoisotopic (exact) mass is 267 g/mol. The van der Waals surface area contributed by atoms with Crippen molar-refractivity contribution in [1.82, 2.24) is 5.32 Å². The Bertz CT molecular complexity index is 315. The van der Waals surface area contributed by atoms with Crippen LogP contribution in [0.2, 0.25) is 0 Å². The molecule has 19 heavy (non-hydrogen) atoms. The summed E-state index contributed by atoms with van der Waals surface area (Å²) in [7, 11) is 1.49. The maximum atomic E-state index is 11.7. The van der Waals surface area contributed by atoms with Crippen molar-refractivity contribution in [3.8, 4) is 0 Å². The number of methoxy groups -OCH3 is 1. The zero-order valence-corrected chi connectivity index (χ0v) is 12.8. The van der Waals surface area contributed by atoms with Gasteiger partial charge in [0, 0.05) is 13.1 Å². The van der Waals surface area contributed by atoms with Crippen molar-refractivity contribution in [3.63, 3.8) is 0 Å². The van der Waals surface area contributed by atoms with Gasteiger partial charge in [-0.05, 0) is 37.0 Å². The molecule has 2 fully saturated rings. The number of carbonyl (C=O) groups is 1. The van der Waals surface area contributed by atoms with E-state index in [0.717, 1.165) is 31.8 Å². The van der Waals surface area contributed by atoms with Crippen LogP contribution in [0.15, 0.2) is 0 Å². The molecule has 110 valence electrons. The number of ether oxygens (including phenoxy) is 1.